The van der Waals surface area contributed by atoms with Crippen molar-refractivity contribution in [1.82, 2.24) is 5.32 Å². The third kappa shape index (κ3) is 1.44. The molecule has 2 rings (SSSR count). The lowest BCUT2D eigenvalue weighted by molar-refractivity contribution is 0.190. The highest BCUT2D eigenvalue weighted by atomic mass is 14.9. The van der Waals surface area contributed by atoms with Crippen molar-refractivity contribution >= 4 is 0 Å². The normalized spacial score (nSPS) is 45.0. The van der Waals surface area contributed by atoms with Gasteiger partial charge in [-0.2, -0.15) is 0 Å². The van der Waals surface area contributed by atoms with E-state index < -0.39 is 0 Å². The number of hydrogen-bond donors (Lipinski definition) is 1. The molecule has 2 aliphatic rings. The maximum Gasteiger partial charge on any atom is -0.00177 e. The number of piperidine rings is 1. The van der Waals surface area contributed by atoms with Gasteiger partial charge in [0, 0.05) is 0 Å². The molecule has 1 heterocycles. The van der Waals surface area contributed by atoms with E-state index in [1.807, 2.05) is 0 Å². The summed E-state index contributed by atoms with van der Waals surface area (Å²) in [5.41, 5.74) is 0. The first-order valence-electron chi connectivity index (χ1n) is 5.08. The third-order valence-corrected chi connectivity index (χ3v) is 3.70. The molecule has 1 aliphatic carbocycles. The van der Waals surface area contributed by atoms with E-state index in [1.165, 1.54) is 38.8 Å². The molecular weight excluding hydrogens is 134 g/mol. The summed E-state index contributed by atoms with van der Waals surface area (Å²) in [6.07, 6.45) is 5.91. The maximum atomic E-state index is 3.56. The van der Waals surface area contributed by atoms with Crippen molar-refractivity contribution in [3.8, 4) is 0 Å². The van der Waals surface area contributed by atoms with Crippen LogP contribution in [0, 0.1) is 17.8 Å². The van der Waals surface area contributed by atoms with Crippen LogP contribution in [0.25, 0.3) is 0 Å². The van der Waals surface area contributed by atoms with Crippen molar-refractivity contribution in [2.45, 2.75) is 32.6 Å². The first-order valence-corrected chi connectivity index (χ1v) is 5.08. The Morgan fingerprint density at radius 2 is 1.55 bits per heavy atom. The quantitative estimate of drug-likeness (QED) is 0.561. The minimum Gasteiger partial charge on any atom is -0.316 e. The molecule has 64 valence electrons. The van der Waals surface area contributed by atoms with Crippen LogP contribution in [-0.2, 0) is 0 Å². The molecule has 11 heavy (non-hydrogen) atoms. The van der Waals surface area contributed by atoms with E-state index in [-0.39, 0.29) is 0 Å². The Kier molecular flexibility index (Phi) is 2.17. The number of fused-ring (bicyclic) bond motifs is 2. The molecule has 2 fully saturated rings. The second-order valence-electron chi connectivity index (χ2n) is 4.32. The molecule has 1 saturated carbocycles. The van der Waals surface area contributed by atoms with E-state index in [1.54, 1.807) is 0 Å². The highest BCUT2D eigenvalue weighted by molar-refractivity contribution is 4.84. The van der Waals surface area contributed by atoms with E-state index in [0.29, 0.717) is 0 Å². The molecule has 2 bridgehead atoms. The van der Waals surface area contributed by atoms with Crippen LogP contribution < -0.4 is 5.32 Å². The Morgan fingerprint density at radius 3 is 2.09 bits per heavy atom. The zero-order chi connectivity index (χ0) is 7.68. The fourth-order valence-corrected chi connectivity index (χ4v) is 2.75. The van der Waals surface area contributed by atoms with Gasteiger partial charge in [0.05, 0.1) is 0 Å². The van der Waals surface area contributed by atoms with E-state index in [2.05, 4.69) is 12.2 Å². The number of hydrogen-bond acceptors (Lipinski definition) is 1. The molecule has 0 aromatic carbocycles. The standard InChI is InChI=1S/C10H19N/c1-8-9-4-2-3-5-10(8)7-11-6-9/h8-11H,2-7H2,1H3. The second-order valence-corrected chi connectivity index (χ2v) is 4.32. The van der Waals surface area contributed by atoms with Crippen molar-refractivity contribution in [2.75, 3.05) is 13.1 Å². The average Bonchev–Trinajstić information content (AvgIpc) is 2.17. The molecule has 0 amide bonds. The number of rotatable bonds is 0. The largest absolute Gasteiger partial charge is 0.316 e. The van der Waals surface area contributed by atoms with E-state index in [4.69, 9.17) is 0 Å². The zero-order valence-electron chi connectivity index (χ0n) is 7.47. The van der Waals surface area contributed by atoms with Crippen LogP contribution >= 0.6 is 0 Å². The number of nitrogens with one attached hydrogen (secondary N) is 1. The minimum absolute atomic E-state index is 0.997. The highest BCUT2D eigenvalue weighted by Crippen LogP contribution is 2.34. The average molecular weight is 153 g/mol. The molecule has 0 spiro atoms. The summed E-state index contributed by atoms with van der Waals surface area (Å²) >= 11 is 0. The zero-order valence-corrected chi connectivity index (χ0v) is 7.47. The van der Waals surface area contributed by atoms with E-state index >= 15 is 0 Å². The van der Waals surface area contributed by atoms with Gasteiger partial charge in [-0.25, -0.2) is 0 Å². The summed E-state index contributed by atoms with van der Waals surface area (Å²) in [7, 11) is 0. The van der Waals surface area contributed by atoms with Crippen molar-refractivity contribution in [3.05, 3.63) is 0 Å². The van der Waals surface area contributed by atoms with Crippen molar-refractivity contribution in [1.29, 1.82) is 0 Å². The lowest BCUT2D eigenvalue weighted by Gasteiger charge is -2.34. The van der Waals surface area contributed by atoms with Gasteiger partial charge in [-0.05, 0) is 43.7 Å². The fourth-order valence-electron chi connectivity index (χ4n) is 2.75. The van der Waals surface area contributed by atoms with Crippen molar-refractivity contribution in [2.24, 2.45) is 17.8 Å². The molecule has 2 unspecified atom stereocenters. The van der Waals surface area contributed by atoms with Crippen LogP contribution in [0.2, 0.25) is 0 Å². The Bertz CT molecular complexity index is 119. The summed E-state index contributed by atoms with van der Waals surface area (Å²) in [4.78, 5) is 0. The van der Waals surface area contributed by atoms with Crippen molar-refractivity contribution < 1.29 is 0 Å². The molecule has 0 aromatic rings. The summed E-state index contributed by atoms with van der Waals surface area (Å²) in [5, 5.41) is 3.56. The minimum atomic E-state index is 0.997. The Balaban J connectivity index is 2.06. The molecule has 1 aliphatic heterocycles. The molecule has 1 N–H and O–H groups in total. The molecule has 1 heteroatoms. The third-order valence-electron chi connectivity index (χ3n) is 3.70. The van der Waals surface area contributed by atoms with Crippen LogP contribution in [0.3, 0.4) is 0 Å². The maximum absolute atomic E-state index is 3.56. The van der Waals surface area contributed by atoms with Gasteiger partial charge in [0.15, 0.2) is 0 Å². The first-order chi connectivity index (χ1) is 5.38. The van der Waals surface area contributed by atoms with Crippen LogP contribution in [0.4, 0.5) is 0 Å². The molecule has 1 saturated heterocycles. The molecular formula is C10H19N. The summed E-state index contributed by atoms with van der Waals surface area (Å²) in [6, 6.07) is 0. The SMILES string of the molecule is CC1C2CCCCC1CNC2. The van der Waals surface area contributed by atoms with Crippen molar-refractivity contribution in [3.63, 3.8) is 0 Å². The Hall–Kier alpha value is -0.0400. The summed E-state index contributed by atoms with van der Waals surface area (Å²) < 4.78 is 0. The highest BCUT2D eigenvalue weighted by Gasteiger charge is 2.30. The van der Waals surface area contributed by atoms with Crippen LogP contribution in [-0.4, -0.2) is 13.1 Å². The Labute approximate surface area is 69.6 Å². The second kappa shape index (κ2) is 3.14. The van der Waals surface area contributed by atoms with E-state index in [0.717, 1.165) is 17.8 Å². The summed E-state index contributed by atoms with van der Waals surface area (Å²) in [5.74, 6) is 2.99. The van der Waals surface area contributed by atoms with Gasteiger partial charge >= 0.3 is 0 Å². The fraction of sp³-hybridized carbons (Fsp3) is 1.00. The predicted molar refractivity (Wildman–Crippen MR) is 47.5 cm³/mol. The van der Waals surface area contributed by atoms with Crippen LogP contribution in [0.1, 0.15) is 32.6 Å². The van der Waals surface area contributed by atoms with Gasteiger partial charge in [0.1, 0.15) is 0 Å². The molecule has 0 aromatic heterocycles. The monoisotopic (exact) mass is 153 g/mol. The molecule has 0 radical (unpaired) electrons. The first kappa shape index (κ1) is 7.60. The van der Waals surface area contributed by atoms with Crippen LogP contribution in [0.15, 0.2) is 0 Å². The predicted octanol–water partition coefficient (Wildman–Crippen LogP) is 2.03. The van der Waals surface area contributed by atoms with Gasteiger partial charge in [-0.3, -0.25) is 0 Å². The molecule has 1 nitrogen and oxygen atoms in total. The summed E-state index contributed by atoms with van der Waals surface area (Å²) in [6.45, 7) is 5.04. The van der Waals surface area contributed by atoms with Gasteiger partial charge in [0.25, 0.3) is 0 Å². The van der Waals surface area contributed by atoms with Gasteiger partial charge in [-0.15, -0.1) is 0 Å². The van der Waals surface area contributed by atoms with Crippen LogP contribution in [0.5, 0.6) is 0 Å². The smallest absolute Gasteiger partial charge is 0.00177 e. The molecule has 2 atom stereocenters. The van der Waals surface area contributed by atoms with Gasteiger partial charge in [0.2, 0.25) is 0 Å². The topological polar surface area (TPSA) is 12.0 Å². The van der Waals surface area contributed by atoms with Gasteiger partial charge < -0.3 is 5.32 Å². The lowest BCUT2D eigenvalue weighted by atomic mass is 9.79. The lowest BCUT2D eigenvalue weighted by Crippen LogP contribution is -2.41. The Morgan fingerprint density at radius 1 is 1.00 bits per heavy atom. The van der Waals surface area contributed by atoms with E-state index in [9.17, 15) is 0 Å². The van der Waals surface area contributed by atoms with Gasteiger partial charge in [-0.1, -0.05) is 19.8 Å².